The van der Waals surface area contributed by atoms with Crippen molar-refractivity contribution < 1.29 is 9.59 Å². The van der Waals surface area contributed by atoms with Crippen molar-refractivity contribution in [2.24, 2.45) is 0 Å². The van der Waals surface area contributed by atoms with Crippen LogP contribution in [0.15, 0.2) is 27.1 Å². The minimum Gasteiger partial charge on any atom is -0.343 e. The van der Waals surface area contributed by atoms with Gasteiger partial charge in [0.05, 0.1) is 5.69 Å². The van der Waals surface area contributed by atoms with E-state index in [0.29, 0.717) is 12.1 Å². The maximum atomic E-state index is 12.4. The Balaban J connectivity index is 2.51. The van der Waals surface area contributed by atoms with Crippen LogP contribution in [-0.2, 0) is 9.59 Å². The molecule has 102 valence electrons. The van der Waals surface area contributed by atoms with E-state index in [0.717, 1.165) is 8.95 Å². The van der Waals surface area contributed by atoms with Crippen molar-refractivity contribution >= 4 is 49.4 Å². The van der Waals surface area contributed by atoms with Crippen molar-refractivity contribution in [2.75, 3.05) is 4.90 Å². The summed E-state index contributed by atoms with van der Waals surface area (Å²) in [5.74, 6) is -0.202. The van der Waals surface area contributed by atoms with Gasteiger partial charge in [-0.2, -0.15) is 0 Å². The summed E-state index contributed by atoms with van der Waals surface area (Å²) in [7, 11) is 0. The van der Waals surface area contributed by atoms with E-state index in [1.165, 1.54) is 0 Å². The minimum atomic E-state index is -0.499. The van der Waals surface area contributed by atoms with E-state index < -0.39 is 12.1 Å². The summed E-state index contributed by atoms with van der Waals surface area (Å²) in [6, 6.07) is 4.62. The molecule has 1 heterocycles. The maximum Gasteiger partial charge on any atom is 0.250 e. The first kappa shape index (κ1) is 14.5. The highest BCUT2D eigenvalue weighted by atomic mass is 79.9. The number of halogens is 2. The molecular formula is C13H14Br2N2O2. The zero-order valence-electron chi connectivity index (χ0n) is 10.6. The van der Waals surface area contributed by atoms with Crippen LogP contribution in [0.4, 0.5) is 5.69 Å². The lowest BCUT2D eigenvalue weighted by molar-refractivity contribution is -0.133. The third kappa shape index (κ3) is 2.69. The SMILES string of the molecule is CCC1C(=O)NC(C)C(=O)N1c1cc(Br)ccc1Br. The summed E-state index contributed by atoms with van der Waals surface area (Å²) >= 11 is 6.84. The summed E-state index contributed by atoms with van der Waals surface area (Å²) in [5.41, 5.74) is 0.716. The molecule has 0 aromatic heterocycles. The fraction of sp³-hybridized carbons (Fsp3) is 0.385. The molecule has 19 heavy (non-hydrogen) atoms. The molecule has 0 radical (unpaired) electrons. The summed E-state index contributed by atoms with van der Waals surface area (Å²) in [4.78, 5) is 26.0. The number of amides is 2. The predicted molar refractivity (Wildman–Crippen MR) is 81.0 cm³/mol. The van der Waals surface area contributed by atoms with Crippen molar-refractivity contribution in [1.29, 1.82) is 0 Å². The van der Waals surface area contributed by atoms with E-state index in [1.807, 2.05) is 25.1 Å². The van der Waals surface area contributed by atoms with Gasteiger partial charge in [0.15, 0.2) is 0 Å². The molecule has 1 aliphatic rings. The largest absolute Gasteiger partial charge is 0.343 e. The van der Waals surface area contributed by atoms with Crippen molar-refractivity contribution in [3.05, 3.63) is 27.1 Å². The fourth-order valence-corrected chi connectivity index (χ4v) is 2.96. The number of nitrogens with one attached hydrogen (secondary N) is 1. The zero-order valence-corrected chi connectivity index (χ0v) is 13.8. The van der Waals surface area contributed by atoms with E-state index in [2.05, 4.69) is 37.2 Å². The van der Waals surface area contributed by atoms with Crippen LogP contribution >= 0.6 is 31.9 Å². The fourth-order valence-electron chi connectivity index (χ4n) is 2.18. The Bertz CT molecular complexity index is 533. The standard InChI is InChI=1S/C13H14Br2N2O2/c1-3-10-12(18)16-7(2)13(19)17(10)11-6-8(14)4-5-9(11)15/h4-7,10H,3H2,1-2H3,(H,16,18). The number of hydrogen-bond donors (Lipinski definition) is 1. The van der Waals surface area contributed by atoms with Gasteiger partial charge in [0.1, 0.15) is 12.1 Å². The van der Waals surface area contributed by atoms with E-state index in [9.17, 15) is 9.59 Å². The lowest BCUT2D eigenvalue weighted by Gasteiger charge is -2.38. The molecule has 0 spiro atoms. The number of rotatable bonds is 2. The molecule has 1 aliphatic heterocycles. The normalized spacial score (nSPS) is 23.5. The van der Waals surface area contributed by atoms with Gasteiger partial charge in [-0.15, -0.1) is 0 Å². The lowest BCUT2D eigenvalue weighted by atomic mass is 10.0. The summed E-state index contributed by atoms with van der Waals surface area (Å²) in [6.07, 6.45) is 0.573. The van der Waals surface area contributed by atoms with Gasteiger partial charge in [-0.1, -0.05) is 22.9 Å². The van der Waals surface area contributed by atoms with Crippen LogP contribution < -0.4 is 10.2 Å². The second-order valence-electron chi connectivity index (χ2n) is 4.46. The summed E-state index contributed by atoms with van der Waals surface area (Å²) in [6.45, 7) is 3.59. The predicted octanol–water partition coefficient (Wildman–Crippen LogP) is 2.84. The molecule has 2 atom stereocenters. The number of benzene rings is 1. The van der Waals surface area contributed by atoms with E-state index >= 15 is 0 Å². The number of nitrogens with zero attached hydrogens (tertiary/aromatic N) is 1. The van der Waals surface area contributed by atoms with Gasteiger partial charge in [-0.25, -0.2) is 0 Å². The van der Waals surface area contributed by atoms with E-state index in [4.69, 9.17) is 0 Å². The molecule has 1 fully saturated rings. The molecule has 2 rings (SSSR count). The van der Waals surface area contributed by atoms with Crippen LogP contribution in [0.1, 0.15) is 20.3 Å². The van der Waals surface area contributed by atoms with Gasteiger partial charge in [-0.3, -0.25) is 14.5 Å². The first-order chi connectivity index (χ1) is 8.95. The molecule has 1 N–H and O–H groups in total. The number of hydrogen-bond acceptors (Lipinski definition) is 2. The Hall–Kier alpha value is -0.880. The second-order valence-corrected chi connectivity index (χ2v) is 6.23. The van der Waals surface area contributed by atoms with E-state index in [-0.39, 0.29) is 11.8 Å². The molecular weight excluding hydrogens is 376 g/mol. The number of carbonyl (C=O) groups excluding carboxylic acids is 2. The van der Waals surface area contributed by atoms with Gasteiger partial charge in [0.25, 0.3) is 0 Å². The third-order valence-electron chi connectivity index (χ3n) is 3.14. The van der Waals surface area contributed by atoms with Crippen LogP contribution in [0.3, 0.4) is 0 Å². The average Bonchev–Trinajstić information content (AvgIpc) is 2.36. The van der Waals surface area contributed by atoms with E-state index in [1.54, 1.807) is 11.8 Å². The Labute approximate surface area is 128 Å². The number of carbonyl (C=O) groups is 2. The van der Waals surface area contributed by atoms with Gasteiger partial charge in [0.2, 0.25) is 11.8 Å². The number of piperazine rings is 1. The van der Waals surface area contributed by atoms with Gasteiger partial charge >= 0.3 is 0 Å². The van der Waals surface area contributed by atoms with Crippen molar-refractivity contribution in [3.8, 4) is 0 Å². The van der Waals surface area contributed by atoms with Crippen LogP contribution in [-0.4, -0.2) is 23.9 Å². The van der Waals surface area contributed by atoms with Gasteiger partial charge in [0, 0.05) is 8.95 Å². The molecule has 6 heteroatoms. The van der Waals surface area contributed by atoms with Crippen LogP contribution in [0.5, 0.6) is 0 Å². The van der Waals surface area contributed by atoms with Crippen molar-refractivity contribution in [1.82, 2.24) is 5.32 Å². The van der Waals surface area contributed by atoms with Crippen LogP contribution in [0.2, 0.25) is 0 Å². The number of anilines is 1. The zero-order chi connectivity index (χ0) is 14.2. The first-order valence-electron chi connectivity index (χ1n) is 6.04. The third-order valence-corrected chi connectivity index (χ3v) is 4.30. The Morgan fingerprint density at radius 1 is 1.32 bits per heavy atom. The highest BCUT2D eigenvalue weighted by Crippen LogP contribution is 2.33. The highest BCUT2D eigenvalue weighted by molar-refractivity contribution is 9.11. The molecule has 2 unspecified atom stereocenters. The second kappa shape index (κ2) is 5.63. The summed E-state index contributed by atoms with van der Waals surface area (Å²) in [5, 5.41) is 2.71. The average molecular weight is 390 g/mol. The topological polar surface area (TPSA) is 49.4 Å². The molecule has 2 amide bonds. The lowest BCUT2D eigenvalue weighted by Crippen LogP contribution is -2.62. The Kier molecular flexibility index (Phi) is 4.30. The molecule has 1 saturated heterocycles. The maximum absolute atomic E-state index is 12.4. The first-order valence-corrected chi connectivity index (χ1v) is 7.62. The smallest absolute Gasteiger partial charge is 0.250 e. The highest BCUT2D eigenvalue weighted by Gasteiger charge is 2.39. The molecule has 4 nitrogen and oxygen atoms in total. The monoisotopic (exact) mass is 388 g/mol. The molecule has 0 bridgehead atoms. The molecule has 0 saturated carbocycles. The molecule has 1 aromatic carbocycles. The van der Waals surface area contributed by atoms with Crippen LogP contribution in [0, 0.1) is 0 Å². The van der Waals surface area contributed by atoms with Gasteiger partial charge in [-0.05, 0) is 47.5 Å². The van der Waals surface area contributed by atoms with Crippen LogP contribution in [0.25, 0.3) is 0 Å². The minimum absolute atomic E-state index is 0.0924. The molecule has 0 aliphatic carbocycles. The quantitative estimate of drug-likeness (QED) is 0.845. The van der Waals surface area contributed by atoms with Crippen molar-refractivity contribution in [3.63, 3.8) is 0 Å². The Morgan fingerprint density at radius 2 is 2.00 bits per heavy atom. The van der Waals surface area contributed by atoms with Crippen molar-refractivity contribution in [2.45, 2.75) is 32.4 Å². The Morgan fingerprint density at radius 3 is 2.63 bits per heavy atom. The van der Waals surface area contributed by atoms with Gasteiger partial charge < -0.3 is 5.32 Å². The summed E-state index contributed by atoms with van der Waals surface area (Å²) < 4.78 is 1.66. The molecule has 1 aromatic rings.